The second-order valence-corrected chi connectivity index (χ2v) is 7.39. The summed E-state index contributed by atoms with van der Waals surface area (Å²) in [7, 11) is 0. The zero-order chi connectivity index (χ0) is 19.9. The molecular weight excluding hydrogens is 342 g/mol. The van der Waals surface area contributed by atoms with Gasteiger partial charge in [-0.25, -0.2) is 4.79 Å². The Morgan fingerprint density at radius 2 is 1.70 bits per heavy atom. The summed E-state index contributed by atoms with van der Waals surface area (Å²) in [5.74, 6) is 0.345. The van der Waals surface area contributed by atoms with E-state index in [0.29, 0.717) is 13.2 Å². The molecule has 0 saturated carbocycles. The highest BCUT2D eigenvalue weighted by Gasteiger charge is 2.24. The van der Waals surface area contributed by atoms with Gasteiger partial charge in [0.2, 0.25) is 0 Å². The molecular formula is C21H28N3O3+. The van der Waals surface area contributed by atoms with Crippen molar-refractivity contribution in [1.29, 1.82) is 0 Å². The van der Waals surface area contributed by atoms with Crippen LogP contribution < -0.4 is 21.1 Å². The molecule has 5 N–H and O–H groups in total. The van der Waals surface area contributed by atoms with Crippen LogP contribution in [0.15, 0.2) is 54.6 Å². The molecule has 0 heterocycles. The first-order valence-corrected chi connectivity index (χ1v) is 8.99. The number of quaternary nitrogens is 1. The van der Waals surface area contributed by atoms with Crippen molar-refractivity contribution in [3.63, 3.8) is 0 Å². The second-order valence-electron chi connectivity index (χ2n) is 7.39. The summed E-state index contributed by atoms with van der Waals surface area (Å²) in [5.41, 5.74) is 7.21. The molecule has 0 aromatic heterocycles. The molecule has 2 aromatic carbocycles. The minimum atomic E-state index is -0.857. The van der Waals surface area contributed by atoms with Crippen molar-refractivity contribution in [3.8, 4) is 5.75 Å². The van der Waals surface area contributed by atoms with Gasteiger partial charge in [-0.3, -0.25) is 10.1 Å². The van der Waals surface area contributed by atoms with Gasteiger partial charge in [-0.2, -0.15) is 0 Å². The summed E-state index contributed by atoms with van der Waals surface area (Å²) >= 11 is 0. The lowest BCUT2D eigenvalue weighted by molar-refractivity contribution is -0.683. The van der Waals surface area contributed by atoms with Crippen LogP contribution in [0.5, 0.6) is 5.75 Å². The zero-order valence-electron chi connectivity index (χ0n) is 16.1. The molecule has 3 amide bonds. The third-order valence-electron chi connectivity index (χ3n) is 4.20. The van der Waals surface area contributed by atoms with E-state index in [-0.39, 0.29) is 5.41 Å². The average Bonchev–Trinajstić information content (AvgIpc) is 2.61. The number of amides is 3. The topological polar surface area (TPSA) is 98.0 Å². The third-order valence-corrected chi connectivity index (χ3v) is 4.20. The molecule has 6 heteroatoms. The average molecular weight is 370 g/mol. The lowest BCUT2D eigenvalue weighted by Gasteiger charge is -2.19. The van der Waals surface area contributed by atoms with Crippen LogP contribution in [0.2, 0.25) is 0 Å². The minimum Gasteiger partial charge on any atom is -0.488 e. The molecule has 0 aliphatic rings. The molecule has 1 atom stereocenters. The van der Waals surface area contributed by atoms with Crippen molar-refractivity contribution in [2.75, 3.05) is 13.2 Å². The number of hydrogen-bond donors (Lipinski definition) is 3. The number of imide groups is 1. The Bertz CT molecular complexity index is 752. The zero-order valence-corrected chi connectivity index (χ0v) is 16.1. The van der Waals surface area contributed by atoms with Crippen LogP contribution in [0.4, 0.5) is 4.79 Å². The van der Waals surface area contributed by atoms with Crippen LogP contribution in [-0.2, 0) is 10.2 Å². The number of nitrogens with two attached hydrogens (primary N) is 2. The van der Waals surface area contributed by atoms with Gasteiger partial charge < -0.3 is 15.8 Å². The molecule has 2 rings (SSSR count). The number of hydrogen-bond acceptors (Lipinski definition) is 3. The SMILES string of the molecule is CC(C)(C)c1ccc(OCC[NH2+][C@@H](C(=O)NC(N)=O)c2ccccc2)cc1. The smallest absolute Gasteiger partial charge is 0.319 e. The van der Waals surface area contributed by atoms with Gasteiger partial charge in [-0.05, 0) is 23.1 Å². The van der Waals surface area contributed by atoms with Gasteiger partial charge in [0, 0.05) is 5.56 Å². The maximum atomic E-state index is 12.3. The summed E-state index contributed by atoms with van der Waals surface area (Å²) < 4.78 is 5.77. The molecule has 0 aliphatic carbocycles. The number of rotatable bonds is 7. The third kappa shape index (κ3) is 6.42. The molecule has 0 bridgehead atoms. The minimum absolute atomic E-state index is 0.100. The Kier molecular flexibility index (Phi) is 6.96. The van der Waals surface area contributed by atoms with Crippen LogP contribution >= 0.6 is 0 Å². The Balaban J connectivity index is 1.91. The number of ether oxygens (including phenoxy) is 1. The standard InChI is InChI=1S/C21H27N3O3/c1-21(2,3)16-9-11-17(12-10-16)27-14-13-23-18(19(25)24-20(22)26)15-7-5-4-6-8-15/h4-12,18,23H,13-14H2,1-3H3,(H3,22,24,25,26)/p+1/t18-/m1/s1. The van der Waals surface area contributed by atoms with Crippen molar-refractivity contribution in [3.05, 3.63) is 65.7 Å². The predicted molar refractivity (Wildman–Crippen MR) is 104 cm³/mol. The van der Waals surface area contributed by atoms with E-state index in [1.54, 1.807) is 0 Å². The fourth-order valence-corrected chi connectivity index (χ4v) is 2.72. The number of carbonyl (C=O) groups is 2. The monoisotopic (exact) mass is 370 g/mol. The molecule has 0 aliphatic heterocycles. The van der Waals surface area contributed by atoms with E-state index in [1.165, 1.54) is 5.56 Å². The number of carbonyl (C=O) groups excluding carboxylic acids is 2. The van der Waals surface area contributed by atoms with Crippen molar-refractivity contribution < 1.29 is 19.6 Å². The van der Waals surface area contributed by atoms with Crippen molar-refractivity contribution in [2.24, 2.45) is 5.73 Å². The van der Waals surface area contributed by atoms with Crippen LogP contribution in [0.25, 0.3) is 0 Å². The number of nitrogens with one attached hydrogen (secondary N) is 1. The fourth-order valence-electron chi connectivity index (χ4n) is 2.72. The molecule has 0 fully saturated rings. The Morgan fingerprint density at radius 1 is 1.07 bits per heavy atom. The van der Waals surface area contributed by atoms with Gasteiger partial charge in [-0.1, -0.05) is 63.2 Å². The summed E-state index contributed by atoms with van der Waals surface area (Å²) in [5, 5.41) is 3.98. The summed E-state index contributed by atoms with van der Waals surface area (Å²) in [6.07, 6.45) is 0. The van der Waals surface area contributed by atoms with Crippen LogP contribution in [0.1, 0.15) is 37.9 Å². The van der Waals surface area contributed by atoms with E-state index in [9.17, 15) is 9.59 Å². The largest absolute Gasteiger partial charge is 0.488 e. The number of urea groups is 1. The molecule has 0 spiro atoms. The van der Waals surface area contributed by atoms with E-state index in [0.717, 1.165) is 11.3 Å². The van der Waals surface area contributed by atoms with Gasteiger partial charge in [0.05, 0.1) is 0 Å². The van der Waals surface area contributed by atoms with Gasteiger partial charge in [0.1, 0.15) is 18.9 Å². The van der Waals surface area contributed by atoms with Gasteiger partial charge >= 0.3 is 6.03 Å². The fraction of sp³-hybridized carbons (Fsp3) is 0.333. The van der Waals surface area contributed by atoms with Crippen molar-refractivity contribution in [2.45, 2.75) is 32.2 Å². The molecule has 2 aromatic rings. The quantitative estimate of drug-likeness (QED) is 0.649. The first kappa shape index (κ1) is 20.5. The molecule has 0 radical (unpaired) electrons. The molecule has 6 nitrogen and oxygen atoms in total. The highest BCUT2D eigenvalue weighted by molar-refractivity contribution is 5.96. The lowest BCUT2D eigenvalue weighted by Crippen LogP contribution is -2.88. The van der Waals surface area contributed by atoms with E-state index in [4.69, 9.17) is 10.5 Å². The summed E-state index contributed by atoms with van der Waals surface area (Å²) in [6.45, 7) is 7.48. The van der Waals surface area contributed by atoms with Crippen LogP contribution in [0.3, 0.4) is 0 Å². The Labute approximate surface area is 160 Å². The van der Waals surface area contributed by atoms with Gasteiger partial charge in [-0.15, -0.1) is 0 Å². The Hall–Kier alpha value is -2.86. The predicted octanol–water partition coefficient (Wildman–Crippen LogP) is 1.86. The number of primary amides is 1. The van der Waals surface area contributed by atoms with Gasteiger partial charge in [0.25, 0.3) is 5.91 Å². The first-order chi connectivity index (χ1) is 12.8. The number of benzene rings is 2. The first-order valence-electron chi connectivity index (χ1n) is 8.99. The summed E-state index contributed by atoms with van der Waals surface area (Å²) in [4.78, 5) is 23.3. The second kappa shape index (κ2) is 9.19. The highest BCUT2D eigenvalue weighted by atomic mass is 16.5. The molecule has 144 valence electrons. The van der Waals surface area contributed by atoms with Crippen LogP contribution in [0, 0.1) is 0 Å². The maximum absolute atomic E-state index is 12.3. The van der Waals surface area contributed by atoms with E-state index in [2.05, 4.69) is 38.2 Å². The van der Waals surface area contributed by atoms with E-state index in [1.807, 2.05) is 47.8 Å². The van der Waals surface area contributed by atoms with E-state index >= 15 is 0 Å². The lowest BCUT2D eigenvalue weighted by atomic mass is 9.87. The normalized spacial score (nSPS) is 12.3. The maximum Gasteiger partial charge on any atom is 0.319 e. The van der Waals surface area contributed by atoms with Crippen molar-refractivity contribution >= 4 is 11.9 Å². The molecule has 27 heavy (non-hydrogen) atoms. The summed E-state index contributed by atoms with van der Waals surface area (Å²) in [6, 6.07) is 15.9. The van der Waals surface area contributed by atoms with Crippen LogP contribution in [-0.4, -0.2) is 25.1 Å². The Morgan fingerprint density at radius 3 is 2.26 bits per heavy atom. The molecule has 0 unspecified atom stereocenters. The highest BCUT2D eigenvalue weighted by Crippen LogP contribution is 2.24. The molecule has 0 saturated heterocycles. The van der Waals surface area contributed by atoms with Gasteiger partial charge in [0.15, 0.2) is 6.04 Å². The van der Waals surface area contributed by atoms with E-state index < -0.39 is 18.0 Å². The van der Waals surface area contributed by atoms with Crippen molar-refractivity contribution in [1.82, 2.24) is 5.32 Å².